The number of ether oxygens (including phenoxy) is 2. The van der Waals surface area contributed by atoms with Crippen molar-refractivity contribution in [2.75, 3.05) is 13.7 Å². The fraction of sp³-hybridized carbons (Fsp3) is 0.462. The van der Waals surface area contributed by atoms with E-state index in [1.54, 1.807) is 19.1 Å². The molecule has 0 radical (unpaired) electrons. The molecule has 1 atom stereocenters. The van der Waals surface area contributed by atoms with E-state index in [0.29, 0.717) is 16.3 Å². The summed E-state index contributed by atoms with van der Waals surface area (Å²) < 4.78 is 9.91. The first-order valence-corrected chi connectivity index (χ1v) is 6.13. The van der Waals surface area contributed by atoms with Gasteiger partial charge < -0.3 is 14.6 Å². The van der Waals surface area contributed by atoms with Crippen LogP contribution in [0.3, 0.4) is 0 Å². The van der Waals surface area contributed by atoms with Crippen LogP contribution in [0.4, 0.5) is 0 Å². The van der Waals surface area contributed by atoms with Crippen LogP contribution in [0.25, 0.3) is 0 Å². The first-order chi connectivity index (χ1) is 8.54. The molecule has 5 heteroatoms. The van der Waals surface area contributed by atoms with E-state index in [-0.39, 0.29) is 6.61 Å². The molecule has 0 heterocycles. The number of rotatable bonds is 5. The second kappa shape index (κ2) is 6.61. The highest BCUT2D eigenvalue weighted by Gasteiger charge is 2.24. The van der Waals surface area contributed by atoms with E-state index < -0.39 is 12.1 Å². The van der Waals surface area contributed by atoms with E-state index in [2.05, 4.69) is 0 Å². The quantitative estimate of drug-likeness (QED) is 0.837. The third kappa shape index (κ3) is 3.15. The number of aryl methyl sites for hydroxylation is 1. The molecule has 0 spiro atoms. The fourth-order valence-electron chi connectivity index (χ4n) is 1.64. The van der Waals surface area contributed by atoms with Gasteiger partial charge in [0.1, 0.15) is 5.75 Å². The normalized spacial score (nSPS) is 12.1. The van der Waals surface area contributed by atoms with Gasteiger partial charge in [0.25, 0.3) is 0 Å². The van der Waals surface area contributed by atoms with Gasteiger partial charge in [-0.15, -0.1) is 0 Å². The summed E-state index contributed by atoms with van der Waals surface area (Å²) in [5, 5.41) is 10.3. The molecule has 0 aliphatic heterocycles. The van der Waals surface area contributed by atoms with Crippen LogP contribution in [-0.4, -0.2) is 24.8 Å². The Hall–Kier alpha value is -1.26. The third-order valence-electron chi connectivity index (χ3n) is 2.55. The molecule has 18 heavy (non-hydrogen) atoms. The molecule has 0 aromatic heterocycles. The molecule has 100 valence electrons. The van der Waals surface area contributed by atoms with Gasteiger partial charge in [-0.25, -0.2) is 4.79 Å². The van der Waals surface area contributed by atoms with Gasteiger partial charge in [-0.3, -0.25) is 0 Å². The number of carbonyl (C=O) groups excluding carboxylic acids is 1. The summed E-state index contributed by atoms with van der Waals surface area (Å²) in [6.07, 6.45) is -0.643. The van der Waals surface area contributed by atoms with Crippen molar-refractivity contribution in [3.05, 3.63) is 28.3 Å². The Balaban J connectivity index is 3.19. The maximum Gasteiger partial charge on any atom is 0.339 e. The average molecular weight is 273 g/mol. The first kappa shape index (κ1) is 14.8. The molecule has 0 saturated carbocycles. The molecule has 0 bridgehead atoms. The van der Waals surface area contributed by atoms with Crippen molar-refractivity contribution in [3.63, 3.8) is 0 Å². The van der Waals surface area contributed by atoms with Crippen molar-refractivity contribution in [2.24, 2.45) is 0 Å². The lowest BCUT2D eigenvalue weighted by molar-refractivity contribution is -0.153. The molecule has 1 unspecified atom stereocenters. The lowest BCUT2D eigenvalue weighted by atomic mass is 10.0. The largest absolute Gasteiger partial charge is 0.495 e. The van der Waals surface area contributed by atoms with E-state index in [9.17, 15) is 9.90 Å². The van der Waals surface area contributed by atoms with Crippen LogP contribution in [-0.2, 0) is 16.0 Å². The van der Waals surface area contributed by atoms with Gasteiger partial charge in [0.05, 0.1) is 18.7 Å². The maximum absolute atomic E-state index is 11.6. The van der Waals surface area contributed by atoms with Gasteiger partial charge in [-0.2, -0.15) is 0 Å². The van der Waals surface area contributed by atoms with Crippen LogP contribution in [0.5, 0.6) is 5.75 Å². The smallest absolute Gasteiger partial charge is 0.339 e. The van der Waals surface area contributed by atoms with Gasteiger partial charge in [0.15, 0.2) is 6.10 Å². The van der Waals surface area contributed by atoms with E-state index in [4.69, 9.17) is 21.1 Å². The predicted octanol–water partition coefficient (Wildman–Crippen LogP) is 2.51. The minimum Gasteiger partial charge on any atom is -0.495 e. The average Bonchev–Trinajstić information content (AvgIpc) is 2.37. The fourth-order valence-corrected chi connectivity index (χ4v) is 1.97. The van der Waals surface area contributed by atoms with E-state index >= 15 is 0 Å². The highest BCUT2D eigenvalue weighted by atomic mass is 35.5. The van der Waals surface area contributed by atoms with Crippen molar-refractivity contribution in [1.29, 1.82) is 0 Å². The van der Waals surface area contributed by atoms with Gasteiger partial charge in [0, 0.05) is 5.56 Å². The van der Waals surface area contributed by atoms with Crippen molar-refractivity contribution in [3.8, 4) is 5.75 Å². The van der Waals surface area contributed by atoms with Gasteiger partial charge in [0.2, 0.25) is 0 Å². The Labute approximate surface area is 111 Å². The summed E-state index contributed by atoms with van der Waals surface area (Å²) in [5.74, 6) is -0.408. The Morgan fingerprint density at radius 3 is 2.61 bits per heavy atom. The number of hydrogen-bond acceptors (Lipinski definition) is 4. The van der Waals surface area contributed by atoms with Crippen LogP contribution in [0.15, 0.2) is 12.1 Å². The van der Waals surface area contributed by atoms with E-state index in [1.807, 2.05) is 6.92 Å². The highest BCUT2D eigenvalue weighted by molar-refractivity contribution is 6.32. The molecule has 1 aromatic carbocycles. The molecule has 0 aliphatic carbocycles. The van der Waals surface area contributed by atoms with Gasteiger partial charge >= 0.3 is 5.97 Å². The minimum absolute atomic E-state index is 0.208. The molecule has 0 amide bonds. The highest BCUT2D eigenvalue weighted by Crippen LogP contribution is 2.34. The lowest BCUT2D eigenvalue weighted by Crippen LogP contribution is -2.16. The topological polar surface area (TPSA) is 55.8 Å². The van der Waals surface area contributed by atoms with Crippen molar-refractivity contribution in [1.82, 2.24) is 0 Å². The molecular weight excluding hydrogens is 256 g/mol. The molecule has 0 aliphatic rings. The number of aliphatic hydroxyl groups is 1. The second-order valence-corrected chi connectivity index (χ2v) is 4.12. The summed E-state index contributed by atoms with van der Waals surface area (Å²) in [7, 11) is 1.44. The van der Waals surface area contributed by atoms with Crippen LogP contribution in [0.2, 0.25) is 5.02 Å². The predicted molar refractivity (Wildman–Crippen MR) is 69.0 cm³/mol. The summed E-state index contributed by atoms with van der Waals surface area (Å²) in [6.45, 7) is 3.84. The van der Waals surface area contributed by atoms with E-state index in [0.717, 1.165) is 12.0 Å². The molecule has 1 N–H and O–H groups in total. The molecule has 1 rings (SSSR count). The van der Waals surface area contributed by atoms with Gasteiger partial charge in [-0.05, 0) is 31.0 Å². The molecular formula is C13H17ClO4. The zero-order valence-corrected chi connectivity index (χ0v) is 11.5. The standard InChI is InChI=1S/C13H17ClO4/c1-4-8-6-9(11(15)13(16)18-5-2)12(17-3)10(14)7-8/h6-7,11,15H,4-5H2,1-3H3. The molecule has 1 aromatic rings. The number of benzene rings is 1. The van der Waals surface area contributed by atoms with Crippen LogP contribution in [0, 0.1) is 0 Å². The third-order valence-corrected chi connectivity index (χ3v) is 2.83. The monoisotopic (exact) mass is 272 g/mol. The Bertz CT molecular complexity index is 431. The number of halogens is 1. The summed E-state index contributed by atoms with van der Waals surface area (Å²) in [6, 6.07) is 3.45. The Kier molecular flexibility index (Phi) is 5.44. The number of carbonyl (C=O) groups is 1. The van der Waals surface area contributed by atoms with Crippen molar-refractivity contribution < 1.29 is 19.4 Å². The van der Waals surface area contributed by atoms with E-state index in [1.165, 1.54) is 7.11 Å². The first-order valence-electron chi connectivity index (χ1n) is 5.76. The van der Waals surface area contributed by atoms with Crippen molar-refractivity contribution in [2.45, 2.75) is 26.4 Å². The molecule has 0 saturated heterocycles. The maximum atomic E-state index is 11.6. The summed E-state index contributed by atoms with van der Waals surface area (Å²) in [5.41, 5.74) is 1.25. The Morgan fingerprint density at radius 1 is 1.44 bits per heavy atom. The number of aliphatic hydroxyl groups excluding tert-OH is 1. The van der Waals surface area contributed by atoms with Crippen LogP contribution < -0.4 is 4.74 Å². The minimum atomic E-state index is -1.39. The SMILES string of the molecule is CCOC(=O)C(O)c1cc(CC)cc(Cl)c1OC. The van der Waals surface area contributed by atoms with Crippen LogP contribution >= 0.6 is 11.6 Å². The summed E-state index contributed by atoms with van der Waals surface area (Å²) >= 11 is 6.05. The van der Waals surface area contributed by atoms with Crippen molar-refractivity contribution >= 4 is 17.6 Å². The zero-order chi connectivity index (χ0) is 13.7. The second-order valence-electron chi connectivity index (χ2n) is 3.71. The summed E-state index contributed by atoms with van der Waals surface area (Å²) in [4.78, 5) is 11.6. The Morgan fingerprint density at radius 2 is 2.11 bits per heavy atom. The number of hydrogen-bond donors (Lipinski definition) is 1. The number of esters is 1. The lowest BCUT2D eigenvalue weighted by Gasteiger charge is -2.16. The van der Waals surface area contributed by atoms with Gasteiger partial charge in [-0.1, -0.05) is 18.5 Å². The molecule has 0 fully saturated rings. The van der Waals surface area contributed by atoms with Crippen LogP contribution in [0.1, 0.15) is 31.1 Å². The zero-order valence-electron chi connectivity index (χ0n) is 10.7. The number of methoxy groups -OCH3 is 1. The molecule has 4 nitrogen and oxygen atoms in total.